The molecular formula is C16H22N4O6. The van der Waals surface area contributed by atoms with E-state index in [1.165, 1.54) is 5.06 Å². The van der Waals surface area contributed by atoms with E-state index in [-0.39, 0.29) is 11.6 Å². The molecule has 10 heteroatoms. The molecule has 0 bridgehead atoms. The van der Waals surface area contributed by atoms with Gasteiger partial charge in [0.25, 0.3) is 17.3 Å². The van der Waals surface area contributed by atoms with Crippen molar-refractivity contribution >= 4 is 17.3 Å². The third-order valence-electron chi connectivity index (χ3n) is 4.56. The lowest BCUT2D eigenvalue weighted by atomic mass is 9.79. The highest BCUT2D eigenvalue weighted by molar-refractivity contribution is 5.95. The predicted molar refractivity (Wildman–Crippen MR) is 92.0 cm³/mol. The maximum atomic E-state index is 12.5. The Bertz CT molecular complexity index is 711. The molecule has 2 N–H and O–H groups in total. The molecule has 0 saturated carbocycles. The normalized spacial score (nSPS) is 19.7. The molecule has 0 radical (unpaired) electrons. The first kappa shape index (κ1) is 19.7. The van der Waals surface area contributed by atoms with Crippen LogP contribution in [0.4, 0.5) is 11.4 Å². The quantitative estimate of drug-likeness (QED) is 0.617. The van der Waals surface area contributed by atoms with Gasteiger partial charge < -0.3 is 10.5 Å². The molecule has 1 fully saturated rings. The number of nitro benzene ring substituents is 2. The largest absolute Gasteiger partial charge is 0.349 e. The Morgan fingerprint density at radius 2 is 1.50 bits per heavy atom. The molecule has 1 heterocycles. The van der Waals surface area contributed by atoms with Crippen LogP contribution in [0.1, 0.15) is 50.9 Å². The number of rotatable bonds is 4. The van der Waals surface area contributed by atoms with Crippen molar-refractivity contribution in [1.29, 1.82) is 0 Å². The molecule has 142 valence electrons. The molecule has 1 amide bonds. The van der Waals surface area contributed by atoms with E-state index in [0.29, 0.717) is 12.8 Å². The molecule has 2 rings (SSSR count). The average molecular weight is 366 g/mol. The van der Waals surface area contributed by atoms with E-state index in [1.807, 2.05) is 27.7 Å². The minimum absolute atomic E-state index is 0.145. The third kappa shape index (κ3) is 3.97. The maximum Gasteiger partial charge on any atom is 0.277 e. The number of nitrogens with one attached hydrogen (secondary N) is 1. The summed E-state index contributed by atoms with van der Waals surface area (Å²) in [6.45, 7) is 7.35. The van der Waals surface area contributed by atoms with Gasteiger partial charge in [0.2, 0.25) is 0 Å². The number of hydrogen-bond acceptors (Lipinski definition) is 7. The summed E-state index contributed by atoms with van der Waals surface area (Å²) in [4.78, 5) is 32.9. The predicted octanol–water partition coefficient (Wildman–Crippen LogP) is 2.64. The Kier molecular flexibility index (Phi) is 5.02. The molecule has 10 nitrogen and oxygen atoms in total. The fourth-order valence-electron chi connectivity index (χ4n) is 3.58. The number of nitro groups is 2. The summed E-state index contributed by atoms with van der Waals surface area (Å²) in [7, 11) is 0. The summed E-state index contributed by atoms with van der Waals surface area (Å²) in [6, 6.07) is 2.54. The van der Waals surface area contributed by atoms with Crippen LogP contribution in [0.25, 0.3) is 0 Å². The fourth-order valence-corrected chi connectivity index (χ4v) is 3.58. The first-order valence-electron chi connectivity index (χ1n) is 8.07. The summed E-state index contributed by atoms with van der Waals surface area (Å²) in [5.74, 6) is -0.625. The number of carbonyl (C=O) groups is 1. The molecule has 1 aromatic carbocycles. The number of amides is 1. The smallest absolute Gasteiger partial charge is 0.277 e. The van der Waals surface area contributed by atoms with Gasteiger partial charge in [0.15, 0.2) is 0 Å². The van der Waals surface area contributed by atoms with Crippen LogP contribution in [0, 0.1) is 20.2 Å². The number of piperidine rings is 1. The molecule has 1 aromatic rings. The second-order valence-electron chi connectivity index (χ2n) is 7.77. The monoisotopic (exact) mass is 366 g/mol. The van der Waals surface area contributed by atoms with Crippen molar-refractivity contribution in [2.75, 3.05) is 0 Å². The highest BCUT2D eigenvalue weighted by Crippen LogP contribution is 2.36. The lowest BCUT2D eigenvalue weighted by molar-refractivity contribution is -0.394. The van der Waals surface area contributed by atoms with Crippen molar-refractivity contribution in [1.82, 2.24) is 10.4 Å². The van der Waals surface area contributed by atoms with Crippen LogP contribution in [0.5, 0.6) is 0 Å². The van der Waals surface area contributed by atoms with Crippen LogP contribution in [0.3, 0.4) is 0 Å². The minimum Gasteiger partial charge on any atom is -0.349 e. The zero-order valence-corrected chi connectivity index (χ0v) is 15.1. The van der Waals surface area contributed by atoms with E-state index >= 15 is 0 Å². The Morgan fingerprint density at radius 3 is 1.88 bits per heavy atom. The molecule has 0 aliphatic carbocycles. The van der Waals surface area contributed by atoms with Gasteiger partial charge in [-0.3, -0.25) is 25.0 Å². The van der Waals surface area contributed by atoms with E-state index in [4.69, 9.17) is 0 Å². The Hall–Kier alpha value is -2.59. The minimum atomic E-state index is -0.778. The highest BCUT2D eigenvalue weighted by atomic mass is 16.6. The van der Waals surface area contributed by atoms with Crippen LogP contribution in [-0.4, -0.2) is 43.1 Å². The molecule has 0 atom stereocenters. The van der Waals surface area contributed by atoms with Gasteiger partial charge >= 0.3 is 0 Å². The van der Waals surface area contributed by atoms with Crippen LogP contribution in [0.2, 0.25) is 0 Å². The van der Waals surface area contributed by atoms with Crippen molar-refractivity contribution in [2.24, 2.45) is 0 Å². The molecule has 0 spiro atoms. The van der Waals surface area contributed by atoms with E-state index in [1.54, 1.807) is 0 Å². The third-order valence-corrected chi connectivity index (χ3v) is 4.56. The van der Waals surface area contributed by atoms with Crippen molar-refractivity contribution in [2.45, 2.75) is 57.7 Å². The van der Waals surface area contributed by atoms with E-state index in [2.05, 4.69) is 5.32 Å². The van der Waals surface area contributed by atoms with Crippen molar-refractivity contribution < 1.29 is 19.8 Å². The number of non-ortho nitro benzene ring substituents is 2. The van der Waals surface area contributed by atoms with Gasteiger partial charge in [-0.15, -0.1) is 0 Å². The topological polar surface area (TPSA) is 139 Å². The second-order valence-corrected chi connectivity index (χ2v) is 7.77. The highest BCUT2D eigenvalue weighted by Gasteiger charge is 2.45. The lowest BCUT2D eigenvalue weighted by Crippen LogP contribution is -2.62. The van der Waals surface area contributed by atoms with Crippen LogP contribution in [0.15, 0.2) is 18.2 Å². The summed E-state index contributed by atoms with van der Waals surface area (Å²) in [6.07, 6.45) is 0.908. The average Bonchev–Trinajstić information content (AvgIpc) is 2.51. The fraction of sp³-hybridized carbons (Fsp3) is 0.562. The summed E-state index contributed by atoms with van der Waals surface area (Å²) in [5.41, 5.74) is -2.36. The Labute approximate surface area is 150 Å². The van der Waals surface area contributed by atoms with Crippen molar-refractivity contribution in [3.05, 3.63) is 44.0 Å². The van der Waals surface area contributed by atoms with Crippen molar-refractivity contribution in [3.8, 4) is 0 Å². The van der Waals surface area contributed by atoms with Gasteiger partial charge in [-0.1, -0.05) is 0 Å². The Balaban J connectivity index is 2.27. The SMILES string of the molecule is CC1(C)CC(NC(=O)c2cc([N+](=O)[O-])cc([N+](=O)[O-])c2)CC(C)(C)N1O. The lowest BCUT2D eigenvalue weighted by Gasteiger charge is -2.51. The maximum absolute atomic E-state index is 12.5. The van der Waals surface area contributed by atoms with Crippen LogP contribution in [-0.2, 0) is 0 Å². The van der Waals surface area contributed by atoms with E-state index < -0.39 is 38.2 Å². The van der Waals surface area contributed by atoms with Gasteiger partial charge in [-0.25, -0.2) is 0 Å². The summed E-state index contributed by atoms with van der Waals surface area (Å²) < 4.78 is 0. The molecule has 0 aromatic heterocycles. The number of hydroxylamine groups is 2. The Morgan fingerprint density at radius 1 is 1.08 bits per heavy atom. The molecule has 1 saturated heterocycles. The number of nitrogens with zero attached hydrogens (tertiary/aromatic N) is 3. The second kappa shape index (κ2) is 6.61. The zero-order chi connectivity index (χ0) is 19.9. The molecular weight excluding hydrogens is 344 g/mol. The van der Waals surface area contributed by atoms with Gasteiger partial charge in [0, 0.05) is 29.3 Å². The zero-order valence-electron chi connectivity index (χ0n) is 15.1. The van der Waals surface area contributed by atoms with Gasteiger partial charge in [-0.2, -0.15) is 5.06 Å². The molecule has 0 unspecified atom stereocenters. The molecule has 1 aliphatic rings. The van der Waals surface area contributed by atoms with E-state index in [0.717, 1.165) is 18.2 Å². The first-order chi connectivity index (χ1) is 11.8. The van der Waals surface area contributed by atoms with E-state index in [9.17, 15) is 30.2 Å². The van der Waals surface area contributed by atoms with Gasteiger partial charge in [0.05, 0.1) is 21.5 Å². The van der Waals surface area contributed by atoms with Gasteiger partial charge in [-0.05, 0) is 40.5 Å². The molecule has 1 aliphatic heterocycles. The molecule has 26 heavy (non-hydrogen) atoms. The first-order valence-corrected chi connectivity index (χ1v) is 8.07. The number of benzene rings is 1. The standard InChI is InChI=1S/C16H22N4O6/c1-15(2)8-11(9-16(3,4)20(15)26)17-14(21)10-5-12(18(22)23)7-13(6-10)19(24)25/h5-7,11,26H,8-9H2,1-4H3,(H,17,21). The van der Waals surface area contributed by atoms with Crippen LogP contribution < -0.4 is 5.32 Å². The number of hydrogen-bond donors (Lipinski definition) is 2. The van der Waals surface area contributed by atoms with Crippen molar-refractivity contribution in [3.63, 3.8) is 0 Å². The summed E-state index contributed by atoms with van der Waals surface area (Å²) in [5, 5.41) is 36.3. The van der Waals surface area contributed by atoms with Gasteiger partial charge in [0.1, 0.15) is 0 Å². The summed E-state index contributed by atoms with van der Waals surface area (Å²) >= 11 is 0. The van der Waals surface area contributed by atoms with Crippen LogP contribution >= 0.6 is 0 Å². The number of carbonyl (C=O) groups excluding carboxylic acids is 1.